The number of nitrogens with zero attached hydrogens (tertiary/aromatic N) is 1. The van der Waals surface area contributed by atoms with Gasteiger partial charge in [-0.15, -0.1) is 0 Å². The van der Waals surface area contributed by atoms with E-state index in [4.69, 9.17) is 33.3 Å². The summed E-state index contributed by atoms with van der Waals surface area (Å²) >= 11 is 12.6. The number of thioether (sulfide) groups is 1. The quantitative estimate of drug-likeness (QED) is 0.571. The van der Waals surface area contributed by atoms with Crippen molar-refractivity contribution in [3.05, 3.63) is 58.0 Å². The van der Waals surface area contributed by atoms with Crippen molar-refractivity contribution in [2.24, 2.45) is 0 Å². The molecular weight excluding hydrogens is 366 g/mol. The number of amides is 1. The highest BCUT2D eigenvalue weighted by Gasteiger charge is 2.34. The number of carbonyl (C=O) groups excluding carboxylic acids is 1. The molecular formula is C17H10ClNO3S2. The molecule has 2 heterocycles. The smallest absolute Gasteiger partial charge is 0.270 e. The maximum absolute atomic E-state index is 12.8. The van der Waals surface area contributed by atoms with Crippen LogP contribution in [0.15, 0.2) is 47.4 Å². The number of anilines is 1. The van der Waals surface area contributed by atoms with Crippen LogP contribution in [0.2, 0.25) is 5.02 Å². The molecule has 0 radical (unpaired) electrons. The minimum Gasteiger partial charge on any atom is -0.454 e. The molecule has 0 saturated carbocycles. The Morgan fingerprint density at radius 1 is 1.17 bits per heavy atom. The first-order chi connectivity index (χ1) is 11.6. The van der Waals surface area contributed by atoms with Gasteiger partial charge in [0, 0.05) is 11.1 Å². The number of carbonyl (C=O) groups is 1. The van der Waals surface area contributed by atoms with Gasteiger partial charge in [0.15, 0.2) is 15.8 Å². The van der Waals surface area contributed by atoms with Crippen LogP contribution in [-0.2, 0) is 4.79 Å². The summed E-state index contributed by atoms with van der Waals surface area (Å²) in [6.07, 6.45) is 1.79. The van der Waals surface area contributed by atoms with Crippen molar-refractivity contribution in [1.82, 2.24) is 0 Å². The second-order valence-corrected chi connectivity index (χ2v) is 7.22. The Balaban J connectivity index is 1.66. The van der Waals surface area contributed by atoms with Crippen LogP contribution >= 0.6 is 35.6 Å². The largest absolute Gasteiger partial charge is 0.454 e. The summed E-state index contributed by atoms with van der Waals surface area (Å²) in [6.45, 7) is 0.186. The number of rotatable bonds is 2. The summed E-state index contributed by atoms with van der Waals surface area (Å²) in [4.78, 5) is 14.8. The average molecular weight is 376 g/mol. The van der Waals surface area contributed by atoms with E-state index >= 15 is 0 Å². The van der Waals surface area contributed by atoms with Gasteiger partial charge in [0.25, 0.3) is 5.91 Å². The fourth-order valence-electron chi connectivity index (χ4n) is 2.46. The zero-order valence-electron chi connectivity index (χ0n) is 12.2. The van der Waals surface area contributed by atoms with Gasteiger partial charge in [0.2, 0.25) is 6.79 Å². The number of halogens is 1. The normalized spacial score (nSPS) is 17.9. The van der Waals surface area contributed by atoms with Crippen molar-refractivity contribution in [3.63, 3.8) is 0 Å². The van der Waals surface area contributed by atoms with Gasteiger partial charge in [-0.05, 0) is 35.9 Å². The van der Waals surface area contributed by atoms with E-state index < -0.39 is 0 Å². The van der Waals surface area contributed by atoms with Crippen LogP contribution < -0.4 is 14.4 Å². The number of ether oxygens (including phenoxy) is 2. The Bertz CT molecular complexity index is 897. The fourth-order valence-corrected chi connectivity index (χ4v) is 3.96. The van der Waals surface area contributed by atoms with Crippen LogP contribution in [0.4, 0.5) is 5.69 Å². The Morgan fingerprint density at radius 3 is 2.83 bits per heavy atom. The van der Waals surface area contributed by atoms with Crippen molar-refractivity contribution in [2.45, 2.75) is 0 Å². The maximum atomic E-state index is 12.8. The van der Waals surface area contributed by atoms with E-state index in [0.717, 1.165) is 5.56 Å². The van der Waals surface area contributed by atoms with E-state index in [1.807, 2.05) is 12.1 Å². The first-order valence-corrected chi connectivity index (χ1v) is 8.65. The fraction of sp³-hybridized carbons (Fsp3) is 0.0588. The Labute approximate surface area is 153 Å². The van der Waals surface area contributed by atoms with Crippen LogP contribution in [0.25, 0.3) is 6.08 Å². The molecule has 4 rings (SSSR count). The standard InChI is InChI=1S/C17H10ClNO3S2/c18-11-3-1-2-10(6-11)7-15-16(20)19(17(23)24-15)12-4-5-13-14(8-12)22-9-21-13/h1-8H,9H2/b15-7+. The Kier molecular flexibility index (Phi) is 3.96. The molecule has 2 aliphatic rings. The lowest BCUT2D eigenvalue weighted by molar-refractivity contribution is -0.113. The molecule has 2 aromatic rings. The van der Waals surface area contributed by atoms with Gasteiger partial charge in [0.1, 0.15) is 0 Å². The number of benzene rings is 2. The first kappa shape index (κ1) is 15.5. The molecule has 0 atom stereocenters. The lowest BCUT2D eigenvalue weighted by Gasteiger charge is -2.14. The zero-order valence-corrected chi connectivity index (χ0v) is 14.6. The molecule has 1 fully saturated rings. The lowest BCUT2D eigenvalue weighted by atomic mass is 10.2. The van der Waals surface area contributed by atoms with Gasteiger partial charge in [-0.3, -0.25) is 9.69 Å². The summed E-state index contributed by atoms with van der Waals surface area (Å²) in [5.74, 6) is 1.11. The van der Waals surface area contributed by atoms with E-state index in [1.54, 1.807) is 36.4 Å². The molecule has 0 spiro atoms. The van der Waals surface area contributed by atoms with Gasteiger partial charge in [-0.25, -0.2) is 0 Å². The van der Waals surface area contributed by atoms with Gasteiger partial charge >= 0.3 is 0 Å². The molecule has 7 heteroatoms. The van der Waals surface area contributed by atoms with E-state index in [1.165, 1.54) is 16.7 Å². The third-order valence-electron chi connectivity index (χ3n) is 3.55. The molecule has 0 bridgehead atoms. The molecule has 2 aromatic carbocycles. The van der Waals surface area contributed by atoms with Crippen molar-refractivity contribution in [3.8, 4) is 11.5 Å². The molecule has 1 saturated heterocycles. The van der Waals surface area contributed by atoms with Crippen molar-refractivity contribution in [2.75, 3.05) is 11.7 Å². The highest BCUT2D eigenvalue weighted by atomic mass is 35.5. The van der Waals surface area contributed by atoms with Gasteiger partial charge in [0.05, 0.1) is 10.6 Å². The van der Waals surface area contributed by atoms with Crippen LogP contribution in [0.5, 0.6) is 11.5 Å². The third kappa shape index (κ3) is 2.77. The second-order valence-electron chi connectivity index (χ2n) is 5.11. The molecule has 2 aliphatic heterocycles. The third-order valence-corrected chi connectivity index (χ3v) is 5.09. The Morgan fingerprint density at radius 2 is 2.00 bits per heavy atom. The van der Waals surface area contributed by atoms with Crippen LogP contribution in [0, 0.1) is 0 Å². The SMILES string of the molecule is O=C1/C(=C\c2cccc(Cl)c2)SC(=S)N1c1ccc2c(c1)OCO2. The van der Waals surface area contributed by atoms with E-state index in [2.05, 4.69) is 0 Å². The van der Waals surface area contributed by atoms with Gasteiger partial charge in [-0.2, -0.15) is 0 Å². The minimum absolute atomic E-state index is 0.163. The molecule has 0 unspecified atom stereocenters. The minimum atomic E-state index is -0.163. The molecule has 0 aromatic heterocycles. The number of thiocarbonyl (C=S) groups is 1. The molecule has 0 aliphatic carbocycles. The summed E-state index contributed by atoms with van der Waals surface area (Å²) in [7, 11) is 0. The molecule has 4 nitrogen and oxygen atoms in total. The molecule has 0 N–H and O–H groups in total. The zero-order chi connectivity index (χ0) is 16.7. The summed E-state index contributed by atoms with van der Waals surface area (Å²) in [6, 6.07) is 12.6. The average Bonchev–Trinajstić information content (AvgIpc) is 3.12. The predicted molar refractivity (Wildman–Crippen MR) is 99.7 cm³/mol. The van der Waals surface area contributed by atoms with Gasteiger partial charge in [-0.1, -0.05) is 47.7 Å². The van der Waals surface area contributed by atoms with Crippen molar-refractivity contribution in [1.29, 1.82) is 0 Å². The Hall–Kier alpha value is -2.02. The van der Waals surface area contributed by atoms with Crippen molar-refractivity contribution < 1.29 is 14.3 Å². The topological polar surface area (TPSA) is 38.8 Å². The number of fused-ring (bicyclic) bond motifs is 1. The van der Waals surface area contributed by atoms with E-state index in [0.29, 0.717) is 31.4 Å². The van der Waals surface area contributed by atoms with Crippen molar-refractivity contribution >= 4 is 57.6 Å². The number of hydrogen-bond acceptors (Lipinski definition) is 5. The number of hydrogen-bond donors (Lipinski definition) is 0. The lowest BCUT2D eigenvalue weighted by Crippen LogP contribution is -2.27. The molecule has 1 amide bonds. The monoisotopic (exact) mass is 375 g/mol. The predicted octanol–water partition coefficient (Wildman–Crippen LogP) is 4.47. The highest BCUT2D eigenvalue weighted by molar-refractivity contribution is 8.27. The molecule has 24 heavy (non-hydrogen) atoms. The second kappa shape index (κ2) is 6.12. The first-order valence-electron chi connectivity index (χ1n) is 7.05. The van der Waals surface area contributed by atoms with Gasteiger partial charge < -0.3 is 9.47 Å². The molecule has 120 valence electrons. The highest BCUT2D eigenvalue weighted by Crippen LogP contribution is 2.40. The van der Waals surface area contributed by atoms with Crippen LogP contribution in [0.1, 0.15) is 5.56 Å². The summed E-state index contributed by atoms with van der Waals surface area (Å²) in [5, 5.41) is 0.620. The maximum Gasteiger partial charge on any atom is 0.270 e. The van der Waals surface area contributed by atoms with E-state index in [-0.39, 0.29) is 12.7 Å². The van der Waals surface area contributed by atoms with Crippen LogP contribution in [0.3, 0.4) is 0 Å². The summed E-state index contributed by atoms with van der Waals surface area (Å²) < 4.78 is 11.1. The van der Waals surface area contributed by atoms with Crippen LogP contribution in [-0.4, -0.2) is 17.0 Å². The summed E-state index contributed by atoms with van der Waals surface area (Å²) in [5.41, 5.74) is 1.52. The van der Waals surface area contributed by atoms with E-state index in [9.17, 15) is 4.79 Å².